The second-order valence-electron chi connectivity index (χ2n) is 11.3. The lowest BCUT2D eigenvalue weighted by molar-refractivity contribution is 0.0894. The molecule has 0 bridgehead atoms. The summed E-state index contributed by atoms with van der Waals surface area (Å²) in [7, 11) is -1.16. The van der Waals surface area contributed by atoms with E-state index in [2.05, 4.69) is 71.7 Å². The van der Waals surface area contributed by atoms with Crippen LogP contribution < -0.4 is 4.90 Å². The van der Waals surface area contributed by atoms with Crippen molar-refractivity contribution in [2.24, 2.45) is 0 Å². The van der Waals surface area contributed by atoms with Gasteiger partial charge in [-0.2, -0.15) is 4.98 Å². The topological polar surface area (TPSA) is 83.1 Å². The molecule has 0 atom stereocenters. The highest BCUT2D eigenvalue weighted by atomic mass is 28.3. The second kappa shape index (κ2) is 10.9. The average Bonchev–Trinajstić information content (AvgIpc) is 3.55. The fourth-order valence-electron chi connectivity index (χ4n) is 4.79. The minimum Gasteiger partial charge on any atom is -0.378 e. The highest BCUT2D eigenvalue weighted by Crippen LogP contribution is 2.30. The molecule has 1 fully saturated rings. The van der Waals surface area contributed by atoms with Crippen LogP contribution in [-0.4, -0.2) is 70.1 Å². The molecule has 0 spiro atoms. The third-order valence-electron chi connectivity index (χ3n) is 7.04. The summed E-state index contributed by atoms with van der Waals surface area (Å²) in [5.41, 5.74) is 5.43. The zero-order valence-electron chi connectivity index (χ0n) is 22.9. The van der Waals surface area contributed by atoms with E-state index in [-0.39, 0.29) is 0 Å². The maximum atomic E-state index is 6.05. The van der Waals surface area contributed by atoms with Crippen molar-refractivity contribution in [1.29, 1.82) is 0 Å². The zero-order chi connectivity index (χ0) is 26.8. The van der Waals surface area contributed by atoms with Crippen molar-refractivity contribution in [3.63, 3.8) is 0 Å². The Morgan fingerprint density at radius 3 is 2.56 bits per heavy atom. The van der Waals surface area contributed by atoms with Crippen molar-refractivity contribution in [1.82, 2.24) is 29.1 Å². The number of fused-ring (bicyclic) bond motifs is 2. The van der Waals surface area contributed by atoms with Crippen molar-refractivity contribution >= 4 is 36.2 Å². The van der Waals surface area contributed by atoms with Crippen LogP contribution in [0.25, 0.3) is 33.5 Å². The van der Waals surface area contributed by atoms with Gasteiger partial charge in [0.25, 0.3) is 0 Å². The van der Waals surface area contributed by atoms with Gasteiger partial charge in [0, 0.05) is 57.7 Å². The lowest BCUT2D eigenvalue weighted by atomic mass is 10.1. The molecule has 10 heteroatoms. The van der Waals surface area contributed by atoms with E-state index in [4.69, 9.17) is 29.4 Å². The first kappa shape index (κ1) is 25.7. The predicted octanol–water partition coefficient (Wildman–Crippen LogP) is 5.04. The molecule has 5 aromatic rings. The lowest BCUT2D eigenvalue weighted by Gasteiger charge is -2.27. The van der Waals surface area contributed by atoms with E-state index in [1.807, 2.05) is 23.2 Å². The highest BCUT2D eigenvalue weighted by Gasteiger charge is 2.21. The van der Waals surface area contributed by atoms with Crippen molar-refractivity contribution in [3.05, 3.63) is 66.7 Å². The van der Waals surface area contributed by atoms with Gasteiger partial charge in [0.15, 0.2) is 5.65 Å². The number of hydrogen-bond acceptors (Lipinski definition) is 7. The number of benzene rings is 1. The van der Waals surface area contributed by atoms with Gasteiger partial charge in [-0.3, -0.25) is 4.57 Å². The molecule has 5 heterocycles. The van der Waals surface area contributed by atoms with Crippen LogP contribution in [0.5, 0.6) is 0 Å². The van der Waals surface area contributed by atoms with Crippen molar-refractivity contribution in [3.8, 4) is 11.3 Å². The van der Waals surface area contributed by atoms with Crippen LogP contribution in [0.1, 0.15) is 5.56 Å². The number of ether oxygens (including phenoxy) is 2. The van der Waals surface area contributed by atoms with E-state index in [0.717, 1.165) is 65.7 Å². The summed E-state index contributed by atoms with van der Waals surface area (Å²) >= 11 is 0. The van der Waals surface area contributed by atoms with Crippen LogP contribution >= 0.6 is 0 Å². The summed E-state index contributed by atoms with van der Waals surface area (Å²) in [5, 5.41) is 1.07. The van der Waals surface area contributed by atoms with Crippen LogP contribution in [0.3, 0.4) is 0 Å². The van der Waals surface area contributed by atoms with Gasteiger partial charge in [-0.05, 0) is 23.7 Å². The molecule has 0 amide bonds. The number of rotatable bonds is 9. The van der Waals surface area contributed by atoms with Crippen molar-refractivity contribution < 1.29 is 9.47 Å². The summed E-state index contributed by atoms with van der Waals surface area (Å²) in [6.45, 7) is 11.8. The first-order valence-corrected chi connectivity index (χ1v) is 17.3. The van der Waals surface area contributed by atoms with Crippen LogP contribution in [0.15, 0.2) is 61.2 Å². The molecule has 1 aromatic carbocycles. The molecular weight excluding hydrogens is 506 g/mol. The van der Waals surface area contributed by atoms with E-state index in [0.29, 0.717) is 25.9 Å². The second-order valence-corrected chi connectivity index (χ2v) is 16.9. The maximum absolute atomic E-state index is 6.05. The molecule has 0 N–H and O–H groups in total. The van der Waals surface area contributed by atoms with Crippen molar-refractivity contribution in [2.45, 2.75) is 39.0 Å². The van der Waals surface area contributed by atoms with Gasteiger partial charge in [-0.25, -0.2) is 15.0 Å². The van der Waals surface area contributed by atoms with Crippen LogP contribution in [0.2, 0.25) is 25.7 Å². The molecule has 1 aliphatic rings. The van der Waals surface area contributed by atoms with Gasteiger partial charge in [-0.15, -0.1) is 0 Å². The molecule has 39 heavy (non-hydrogen) atoms. The molecule has 0 unspecified atom stereocenters. The fourth-order valence-corrected chi connectivity index (χ4v) is 5.55. The largest absolute Gasteiger partial charge is 0.378 e. The highest BCUT2D eigenvalue weighted by molar-refractivity contribution is 6.76. The SMILES string of the molecule is C[Si](C)(C)CCOCn1cnc2c(-c3cnc4c(ccn4Cc4ccccc4)c3)nc(N3CCOCC3)nc21. The summed E-state index contributed by atoms with van der Waals surface area (Å²) < 4.78 is 15.8. The zero-order valence-corrected chi connectivity index (χ0v) is 23.9. The van der Waals surface area contributed by atoms with E-state index in [1.54, 1.807) is 0 Å². The molecule has 1 saturated heterocycles. The molecule has 1 aliphatic heterocycles. The fraction of sp³-hybridized carbons (Fsp3) is 0.379. The molecule has 9 nitrogen and oxygen atoms in total. The number of imidazole rings is 1. The van der Waals surface area contributed by atoms with Gasteiger partial charge >= 0.3 is 0 Å². The van der Waals surface area contributed by atoms with E-state index in [1.165, 1.54) is 5.56 Å². The lowest BCUT2D eigenvalue weighted by Crippen LogP contribution is -2.37. The van der Waals surface area contributed by atoms with Gasteiger partial charge in [0.1, 0.15) is 23.6 Å². The molecule has 0 radical (unpaired) electrons. The van der Waals surface area contributed by atoms with Gasteiger partial charge in [0.2, 0.25) is 5.95 Å². The number of hydrogen-bond donors (Lipinski definition) is 0. The van der Waals surface area contributed by atoms with Gasteiger partial charge < -0.3 is 18.9 Å². The number of anilines is 1. The summed E-state index contributed by atoms with van der Waals surface area (Å²) in [6, 6.07) is 15.8. The smallest absolute Gasteiger partial charge is 0.228 e. The molecule has 0 saturated carbocycles. The first-order valence-electron chi connectivity index (χ1n) is 13.6. The Balaban J connectivity index is 1.35. The molecule has 6 rings (SSSR count). The third-order valence-corrected chi connectivity index (χ3v) is 8.75. The number of morpholine rings is 1. The van der Waals surface area contributed by atoms with Crippen LogP contribution in [-0.2, 0) is 22.7 Å². The Morgan fingerprint density at radius 2 is 1.77 bits per heavy atom. The minimum absolute atomic E-state index is 0.416. The Hall–Kier alpha value is -3.60. The Bertz CT molecular complexity index is 1570. The molecule has 202 valence electrons. The van der Waals surface area contributed by atoms with Crippen LogP contribution in [0.4, 0.5) is 5.95 Å². The number of nitrogens with zero attached hydrogens (tertiary/aromatic N) is 7. The monoisotopic (exact) mass is 541 g/mol. The van der Waals surface area contributed by atoms with E-state index < -0.39 is 8.07 Å². The maximum Gasteiger partial charge on any atom is 0.228 e. The Kier molecular flexibility index (Phi) is 7.16. The van der Waals surface area contributed by atoms with Crippen molar-refractivity contribution in [2.75, 3.05) is 37.8 Å². The summed E-state index contributed by atoms with van der Waals surface area (Å²) in [6.07, 6.45) is 5.80. The Morgan fingerprint density at radius 1 is 0.949 bits per heavy atom. The van der Waals surface area contributed by atoms with E-state index in [9.17, 15) is 0 Å². The third kappa shape index (κ3) is 5.73. The normalized spacial score (nSPS) is 14.5. The standard InChI is InChI=1S/C29H35N7O2Si/c1-39(2,3)16-15-38-21-36-20-31-26-25(32-29(33-28(26)36)34-11-13-37-14-12-34)24-17-23-9-10-35(27(23)30-18-24)19-22-7-5-4-6-8-22/h4-10,17-18,20H,11-16,19,21H2,1-3H3. The molecular formula is C29H35N7O2Si. The summed E-state index contributed by atoms with van der Waals surface area (Å²) in [4.78, 5) is 21.8. The molecule has 0 aliphatic carbocycles. The number of aromatic nitrogens is 6. The first-order chi connectivity index (χ1) is 18.9. The number of pyridine rings is 1. The van der Waals surface area contributed by atoms with Crippen LogP contribution in [0, 0.1) is 0 Å². The van der Waals surface area contributed by atoms with E-state index >= 15 is 0 Å². The Labute approximate surface area is 229 Å². The van der Waals surface area contributed by atoms with Gasteiger partial charge in [-0.1, -0.05) is 50.0 Å². The molecule has 4 aromatic heterocycles. The minimum atomic E-state index is -1.16. The quantitative estimate of drug-likeness (QED) is 0.191. The van der Waals surface area contributed by atoms with Gasteiger partial charge in [0.05, 0.1) is 19.5 Å². The summed E-state index contributed by atoms with van der Waals surface area (Å²) in [5.74, 6) is 0.686. The predicted molar refractivity (Wildman–Crippen MR) is 157 cm³/mol. The average molecular weight is 542 g/mol.